The highest BCUT2D eigenvalue weighted by Crippen LogP contribution is 2.66. The summed E-state index contributed by atoms with van der Waals surface area (Å²) in [7, 11) is 1.36. The van der Waals surface area contributed by atoms with Crippen LogP contribution in [0.1, 0.15) is 50.0 Å². The van der Waals surface area contributed by atoms with E-state index >= 15 is 0 Å². The number of imide groups is 2. The first-order valence-electron chi connectivity index (χ1n) is 15.0. The predicted octanol–water partition coefficient (Wildman–Crippen LogP) is 4.75. The van der Waals surface area contributed by atoms with Crippen LogP contribution in [0.2, 0.25) is 0 Å². The van der Waals surface area contributed by atoms with E-state index in [9.17, 15) is 33.5 Å². The van der Waals surface area contributed by atoms with Crippen LogP contribution < -0.4 is 9.64 Å². The number of ether oxygens (including phenoxy) is 1. The van der Waals surface area contributed by atoms with E-state index in [2.05, 4.69) is 0 Å². The minimum Gasteiger partial charge on any atom is -0.504 e. The van der Waals surface area contributed by atoms with Gasteiger partial charge in [-0.05, 0) is 61.9 Å². The molecule has 0 spiro atoms. The molecule has 4 amide bonds. The predicted molar refractivity (Wildman–Crippen MR) is 164 cm³/mol. The fraction of sp³-hybridized carbons (Fsp3) is 0.424. The molecule has 2 heterocycles. The van der Waals surface area contributed by atoms with E-state index in [0.29, 0.717) is 24.8 Å². The summed E-state index contributed by atoms with van der Waals surface area (Å²) in [5.74, 6) is -7.92. The summed E-state index contributed by atoms with van der Waals surface area (Å²) in [6, 6.07) is 9.36. The second kappa shape index (κ2) is 11.7. The van der Waals surface area contributed by atoms with Gasteiger partial charge in [0, 0.05) is 24.4 Å². The number of amides is 4. The molecule has 10 nitrogen and oxygen atoms in total. The van der Waals surface area contributed by atoms with Crippen molar-refractivity contribution in [2.24, 2.45) is 17.8 Å². The summed E-state index contributed by atoms with van der Waals surface area (Å²) >= 11 is 14.6. The van der Waals surface area contributed by atoms with E-state index in [4.69, 9.17) is 33.0 Å². The van der Waals surface area contributed by atoms with Crippen LogP contribution in [0.15, 0.2) is 54.1 Å². The van der Waals surface area contributed by atoms with E-state index in [0.717, 1.165) is 17.0 Å². The number of carboxylic acids is 1. The lowest BCUT2D eigenvalue weighted by Gasteiger charge is -2.50. The molecule has 46 heavy (non-hydrogen) atoms. The van der Waals surface area contributed by atoms with Crippen molar-refractivity contribution < 1.29 is 43.3 Å². The van der Waals surface area contributed by atoms with Gasteiger partial charge < -0.3 is 14.9 Å². The Morgan fingerprint density at radius 2 is 1.72 bits per heavy atom. The first kappa shape index (κ1) is 32.0. The van der Waals surface area contributed by atoms with Crippen molar-refractivity contribution in [2.45, 2.75) is 54.2 Å². The molecule has 0 bridgehead atoms. The van der Waals surface area contributed by atoms with Crippen LogP contribution in [0.3, 0.4) is 0 Å². The fourth-order valence-corrected chi connectivity index (χ4v) is 8.62. The molecule has 2 aromatic carbocycles. The number of phenolic OH excluding ortho intramolecular Hbond substituents is 1. The van der Waals surface area contributed by atoms with Gasteiger partial charge >= 0.3 is 5.97 Å². The van der Waals surface area contributed by atoms with Crippen molar-refractivity contribution in [3.63, 3.8) is 0 Å². The normalized spacial score (nSPS) is 30.2. The monoisotopic (exact) mass is 672 g/mol. The summed E-state index contributed by atoms with van der Waals surface area (Å²) in [5.41, 5.74) is 0.709. The van der Waals surface area contributed by atoms with Crippen molar-refractivity contribution in [1.29, 1.82) is 0 Å². The van der Waals surface area contributed by atoms with E-state index < -0.39 is 62.9 Å². The molecule has 2 N–H and O–H groups in total. The van der Waals surface area contributed by atoms with Gasteiger partial charge in [0.05, 0.1) is 24.6 Å². The van der Waals surface area contributed by atoms with Crippen LogP contribution in [0.4, 0.5) is 10.1 Å². The molecule has 4 aliphatic rings. The number of fused-ring (bicyclic) bond motifs is 4. The van der Waals surface area contributed by atoms with Gasteiger partial charge in [0.25, 0.3) is 11.8 Å². The maximum atomic E-state index is 14.4. The maximum Gasteiger partial charge on any atom is 0.303 e. The van der Waals surface area contributed by atoms with Gasteiger partial charge in [0.2, 0.25) is 11.8 Å². The number of rotatable bonds is 9. The highest BCUT2D eigenvalue weighted by molar-refractivity contribution is 6.58. The van der Waals surface area contributed by atoms with Crippen LogP contribution in [0.25, 0.3) is 0 Å². The largest absolute Gasteiger partial charge is 0.504 e. The second-order valence-electron chi connectivity index (χ2n) is 12.2. The number of nitrogens with zero attached hydrogens (tertiary/aromatic N) is 2. The quantitative estimate of drug-likeness (QED) is 0.168. The van der Waals surface area contributed by atoms with Gasteiger partial charge in [0.15, 0.2) is 21.2 Å². The Balaban J connectivity index is 1.44. The third-order valence-corrected chi connectivity index (χ3v) is 11.2. The van der Waals surface area contributed by atoms with Gasteiger partial charge in [-0.1, -0.05) is 30.2 Å². The molecule has 6 unspecified atom stereocenters. The van der Waals surface area contributed by atoms with Crippen LogP contribution in [0.5, 0.6) is 11.5 Å². The van der Waals surface area contributed by atoms with Crippen molar-refractivity contribution in [1.82, 2.24) is 4.90 Å². The number of hydrogen-bond donors (Lipinski definition) is 2. The summed E-state index contributed by atoms with van der Waals surface area (Å²) in [6.07, 6.45) is 3.00. The topological polar surface area (TPSA) is 142 Å². The van der Waals surface area contributed by atoms with Crippen LogP contribution >= 0.6 is 23.2 Å². The molecule has 2 aliphatic heterocycles. The smallest absolute Gasteiger partial charge is 0.303 e. The number of carbonyl (C=O) groups excluding carboxylic acids is 4. The third kappa shape index (κ3) is 4.61. The van der Waals surface area contributed by atoms with Crippen molar-refractivity contribution in [3.05, 3.63) is 65.5 Å². The number of carbonyl (C=O) groups is 5. The lowest BCUT2D eigenvalue weighted by Crippen LogP contribution is -2.60. The lowest BCUT2D eigenvalue weighted by atomic mass is 9.56. The number of unbranched alkanes of at least 4 members (excludes halogenated alkanes) is 2. The SMILES string of the molecule is COc1cccc(C2C3=CCC4C(=O)N(CCCCCC(=O)O)C(=O)C4C3CC3(Cl)C(=O)N(c4ccc(F)cc4)C(=O)C23Cl)c1O. The van der Waals surface area contributed by atoms with Gasteiger partial charge in [-0.3, -0.25) is 28.9 Å². The number of halogens is 3. The van der Waals surface area contributed by atoms with E-state index in [1.807, 2.05) is 0 Å². The Labute approximate surface area is 273 Å². The van der Waals surface area contributed by atoms with Gasteiger partial charge in [-0.25, -0.2) is 9.29 Å². The van der Waals surface area contributed by atoms with E-state index in [1.165, 1.54) is 30.2 Å². The Kier molecular flexibility index (Phi) is 8.13. The molecule has 242 valence electrons. The first-order chi connectivity index (χ1) is 21.9. The highest BCUT2D eigenvalue weighted by atomic mass is 35.5. The number of aliphatic carboxylic acids is 1. The zero-order valence-electron chi connectivity index (χ0n) is 24.8. The molecular formula is C33H31Cl2FN2O8. The molecule has 0 aromatic heterocycles. The summed E-state index contributed by atoms with van der Waals surface area (Å²) in [4.78, 5) is 64.7. The van der Waals surface area contributed by atoms with E-state index in [1.54, 1.807) is 18.2 Å². The number of allylic oxidation sites excluding steroid dienone is 2. The molecule has 6 rings (SSSR count). The molecule has 1 saturated carbocycles. The molecule has 3 fully saturated rings. The lowest BCUT2D eigenvalue weighted by molar-refractivity contribution is -0.141. The van der Waals surface area contributed by atoms with Crippen LogP contribution in [0, 0.1) is 23.6 Å². The van der Waals surface area contributed by atoms with Crippen molar-refractivity contribution in [2.75, 3.05) is 18.6 Å². The molecular weight excluding hydrogens is 642 g/mol. The number of phenols is 1. The number of benzene rings is 2. The first-order valence-corrected chi connectivity index (χ1v) is 15.8. The van der Waals surface area contributed by atoms with Gasteiger partial charge in [-0.15, -0.1) is 23.2 Å². The standard InChI is InChI=1S/C33H31Cl2FN2O8/c1-46-23-7-5-6-21(27(23)41)26-19-13-14-20-25(29(43)37(28(20)42)15-4-2-3-8-24(39)40)22(19)16-32(34)30(44)38(31(45)33(26,32)35)18-11-9-17(36)10-12-18/h5-7,9-13,20,22,25-26,41H,2-4,8,14-16H2,1H3,(H,39,40). The van der Waals surface area contributed by atoms with Gasteiger partial charge in [-0.2, -0.15) is 0 Å². The molecule has 0 radical (unpaired) electrons. The summed E-state index contributed by atoms with van der Waals surface area (Å²) in [5, 5.41) is 20.3. The minimum absolute atomic E-state index is 0.0132. The van der Waals surface area contributed by atoms with Crippen molar-refractivity contribution >= 4 is 58.5 Å². The molecule has 6 atom stereocenters. The van der Waals surface area contributed by atoms with E-state index in [-0.39, 0.29) is 54.5 Å². The zero-order valence-corrected chi connectivity index (χ0v) is 26.3. The number of methoxy groups -OCH3 is 1. The molecule has 2 saturated heterocycles. The average molecular weight is 674 g/mol. The summed E-state index contributed by atoms with van der Waals surface area (Å²) < 4.78 is 19.1. The minimum atomic E-state index is -2.19. The van der Waals surface area contributed by atoms with Gasteiger partial charge in [0.1, 0.15) is 5.82 Å². The summed E-state index contributed by atoms with van der Waals surface area (Å²) in [6.45, 7) is 0.119. The number of aromatic hydroxyl groups is 1. The number of alkyl halides is 2. The number of hydrogen-bond acceptors (Lipinski definition) is 7. The highest BCUT2D eigenvalue weighted by Gasteiger charge is 2.77. The zero-order chi connectivity index (χ0) is 33.1. The number of para-hydroxylation sites is 1. The van der Waals surface area contributed by atoms with Crippen molar-refractivity contribution in [3.8, 4) is 11.5 Å². The Bertz CT molecular complexity index is 1680. The number of anilines is 1. The molecule has 13 heteroatoms. The third-order valence-electron chi connectivity index (χ3n) is 9.82. The second-order valence-corrected chi connectivity index (χ2v) is 13.4. The van der Waals surface area contributed by atoms with Crippen LogP contribution in [-0.4, -0.2) is 68.1 Å². The number of carboxylic acid groups (broad SMARTS) is 1. The Hall–Kier alpha value is -3.96. The Morgan fingerprint density at radius 1 is 1.00 bits per heavy atom. The fourth-order valence-electron chi connectivity index (χ4n) is 7.69. The maximum absolute atomic E-state index is 14.4. The number of likely N-dealkylation sites (tertiary alicyclic amines) is 1. The molecule has 2 aliphatic carbocycles. The average Bonchev–Trinajstić information content (AvgIpc) is 3.35. The Morgan fingerprint density at radius 3 is 2.39 bits per heavy atom. The molecule has 2 aromatic rings. The van der Waals surface area contributed by atoms with Crippen LogP contribution in [-0.2, 0) is 24.0 Å².